The number of aliphatic hydroxyl groups is 1. The monoisotopic (exact) mass is 410 g/mol. The van der Waals surface area contributed by atoms with Gasteiger partial charge in [-0.15, -0.1) is 0 Å². The lowest BCUT2D eigenvalue weighted by atomic mass is 9.61. The number of hydrogen-bond acceptors (Lipinski definition) is 1. The quantitative estimate of drug-likeness (QED) is 0.455. The molecule has 3 aliphatic carbocycles. The second-order valence-electron chi connectivity index (χ2n) is 11.1. The molecule has 1 nitrogen and oxygen atoms in total. The second kappa shape index (κ2) is 10.0. The Balaban J connectivity index is 1.77. The van der Waals surface area contributed by atoms with Gasteiger partial charge >= 0.3 is 0 Å². The molecule has 0 heterocycles. The minimum atomic E-state index is -0.160. The molecule has 3 fully saturated rings. The van der Waals surface area contributed by atoms with E-state index in [1.54, 1.807) is 5.57 Å². The highest BCUT2D eigenvalue weighted by Gasteiger charge is 2.50. The van der Waals surface area contributed by atoms with Gasteiger partial charge in [0, 0.05) is 0 Å². The summed E-state index contributed by atoms with van der Waals surface area (Å²) in [4.78, 5) is 0. The van der Waals surface area contributed by atoms with E-state index in [4.69, 9.17) is 0 Å². The smallest absolute Gasteiger partial charge is 0.0583 e. The Hall–Kier alpha value is -1.08. The highest BCUT2D eigenvalue weighted by Crippen LogP contribution is 2.59. The first kappa shape index (κ1) is 23.6. The summed E-state index contributed by atoms with van der Waals surface area (Å²) >= 11 is 0. The van der Waals surface area contributed by atoms with E-state index in [9.17, 15) is 5.11 Å². The summed E-state index contributed by atoms with van der Waals surface area (Å²) in [6.07, 6.45) is 21.4. The topological polar surface area (TPSA) is 20.2 Å². The fourth-order valence-corrected chi connectivity index (χ4v) is 6.53. The predicted molar refractivity (Wildman–Crippen MR) is 130 cm³/mol. The molecule has 0 spiro atoms. The summed E-state index contributed by atoms with van der Waals surface area (Å²) in [5, 5.41) is 10.1. The summed E-state index contributed by atoms with van der Waals surface area (Å²) in [5.74, 6) is 3.60. The summed E-state index contributed by atoms with van der Waals surface area (Å²) in [5.41, 5.74) is 4.94. The van der Waals surface area contributed by atoms with Crippen molar-refractivity contribution >= 4 is 0 Å². The van der Waals surface area contributed by atoms with E-state index < -0.39 is 0 Å². The van der Waals surface area contributed by atoms with E-state index in [0.29, 0.717) is 17.3 Å². The van der Waals surface area contributed by atoms with Crippen LogP contribution >= 0.6 is 0 Å². The van der Waals surface area contributed by atoms with Gasteiger partial charge in [0.1, 0.15) is 0 Å². The summed E-state index contributed by atoms with van der Waals surface area (Å²) in [6.45, 7) is 14.2. The Morgan fingerprint density at radius 3 is 2.43 bits per heavy atom. The number of allylic oxidation sites excluding steroid dienone is 7. The molecule has 0 saturated heterocycles. The molecule has 0 aliphatic heterocycles. The largest absolute Gasteiger partial charge is 0.393 e. The maximum absolute atomic E-state index is 10.1. The lowest BCUT2D eigenvalue weighted by molar-refractivity contribution is 0.112. The van der Waals surface area contributed by atoms with Crippen molar-refractivity contribution in [2.45, 2.75) is 99.0 Å². The van der Waals surface area contributed by atoms with E-state index in [0.717, 1.165) is 37.0 Å². The van der Waals surface area contributed by atoms with Crippen molar-refractivity contribution in [1.29, 1.82) is 0 Å². The Kier molecular flexibility index (Phi) is 7.88. The van der Waals surface area contributed by atoms with Crippen LogP contribution in [0.15, 0.2) is 47.1 Å². The SMILES string of the molecule is CC=C1CCC(O)CC1=CC=C1CCCC2(C)C1CCC2C(C)C=CC(C)C(C)C. The van der Waals surface area contributed by atoms with E-state index in [2.05, 4.69) is 71.9 Å². The van der Waals surface area contributed by atoms with Gasteiger partial charge in [0.25, 0.3) is 0 Å². The first-order chi connectivity index (χ1) is 14.3. The molecular weight excluding hydrogens is 364 g/mol. The second-order valence-corrected chi connectivity index (χ2v) is 11.1. The first-order valence-corrected chi connectivity index (χ1v) is 12.7. The number of fused-ring (bicyclic) bond motifs is 1. The van der Waals surface area contributed by atoms with Crippen LogP contribution in [0.5, 0.6) is 0 Å². The van der Waals surface area contributed by atoms with E-state index in [1.165, 1.54) is 43.3 Å². The van der Waals surface area contributed by atoms with Crippen molar-refractivity contribution in [2.24, 2.45) is 35.0 Å². The van der Waals surface area contributed by atoms with Crippen LogP contribution in [0.2, 0.25) is 0 Å². The fraction of sp³-hybridized carbons (Fsp3) is 0.724. The van der Waals surface area contributed by atoms with E-state index in [-0.39, 0.29) is 6.10 Å². The number of hydrogen-bond donors (Lipinski definition) is 1. The molecule has 3 saturated carbocycles. The Morgan fingerprint density at radius 2 is 1.73 bits per heavy atom. The van der Waals surface area contributed by atoms with Gasteiger partial charge in [-0.2, -0.15) is 0 Å². The zero-order chi connectivity index (χ0) is 21.9. The maximum Gasteiger partial charge on any atom is 0.0583 e. The Bertz CT molecular complexity index is 706. The standard InChI is InChI=1S/C29H46O/c1-7-23-14-15-26(30)19-25(23)13-12-24-9-8-18-29(6)27(16-17-28(24)29)22(5)11-10-21(4)20(2)3/h7,10-13,20-22,26-28,30H,8-9,14-19H2,1-6H3. The fourth-order valence-electron chi connectivity index (χ4n) is 6.53. The molecule has 0 bridgehead atoms. The minimum absolute atomic E-state index is 0.160. The molecule has 6 unspecified atom stereocenters. The molecule has 0 aromatic heterocycles. The van der Waals surface area contributed by atoms with Crippen LogP contribution in [0.4, 0.5) is 0 Å². The van der Waals surface area contributed by atoms with Crippen LogP contribution in [-0.4, -0.2) is 11.2 Å². The highest BCUT2D eigenvalue weighted by molar-refractivity contribution is 5.37. The van der Waals surface area contributed by atoms with Crippen molar-refractivity contribution in [3.63, 3.8) is 0 Å². The van der Waals surface area contributed by atoms with Gasteiger partial charge in [-0.3, -0.25) is 0 Å². The van der Waals surface area contributed by atoms with Crippen LogP contribution in [-0.2, 0) is 0 Å². The molecule has 0 aromatic carbocycles. The van der Waals surface area contributed by atoms with Crippen LogP contribution in [0.1, 0.15) is 92.9 Å². The average Bonchev–Trinajstić information content (AvgIpc) is 3.07. The molecule has 3 aliphatic rings. The van der Waals surface area contributed by atoms with E-state index >= 15 is 0 Å². The zero-order valence-electron chi connectivity index (χ0n) is 20.5. The maximum atomic E-state index is 10.1. The van der Waals surface area contributed by atoms with Crippen LogP contribution in [0.3, 0.4) is 0 Å². The van der Waals surface area contributed by atoms with Gasteiger partial charge in [-0.05, 0) is 104 Å². The first-order valence-electron chi connectivity index (χ1n) is 12.7. The molecule has 0 aromatic rings. The Labute approximate surface area is 186 Å². The molecule has 168 valence electrons. The Morgan fingerprint density at radius 1 is 0.967 bits per heavy atom. The van der Waals surface area contributed by atoms with Gasteiger partial charge in [0.2, 0.25) is 0 Å². The van der Waals surface area contributed by atoms with Crippen molar-refractivity contribution in [2.75, 3.05) is 0 Å². The highest BCUT2D eigenvalue weighted by atomic mass is 16.3. The van der Waals surface area contributed by atoms with Crippen molar-refractivity contribution in [1.82, 2.24) is 0 Å². The zero-order valence-corrected chi connectivity index (χ0v) is 20.5. The van der Waals surface area contributed by atoms with Crippen LogP contribution in [0, 0.1) is 35.0 Å². The summed E-state index contributed by atoms with van der Waals surface area (Å²) < 4.78 is 0. The van der Waals surface area contributed by atoms with Gasteiger partial charge in [-0.1, -0.05) is 70.6 Å². The summed E-state index contributed by atoms with van der Waals surface area (Å²) in [7, 11) is 0. The molecular formula is C29H46O. The predicted octanol–water partition coefficient (Wildman–Crippen LogP) is 8.03. The lowest BCUT2D eigenvalue weighted by Crippen LogP contribution is -2.35. The van der Waals surface area contributed by atoms with Gasteiger partial charge in [0.05, 0.1) is 6.10 Å². The number of aliphatic hydroxyl groups excluding tert-OH is 1. The number of rotatable bonds is 5. The normalized spacial score (nSPS) is 38.7. The molecule has 0 radical (unpaired) electrons. The van der Waals surface area contributed by atoms with Crippen molar-refractivity contribution in [3.05, 3.63) is 47.1 Å². The average molecular weight is 411 g/mol. The van der Waals surface area contributed by atoms with Crippen LogP contribution < -0.4 is 0 Å². The van der Waals surface area contributed by atoms with Gasteiger partial charge in [0.15, 0.2) is 0 Å². The molecule has 30 heavy (non-hydrogen) atoms. The third-order valence-electron chi connectivity index (χ3n) is 8.90. The molecule has 3 rings (SSSR count). The molecule has 0 amide bonds. The third-order valence-corrected chi connectivity index (χ3v) is 8.90. The molecule has 1 N–H and O–H groups in total. The molecule has 6 atom stereocenters. The van der Waals surface area contributed by atoms with Crippen molar-refractivity contribution in [3.8, 4) is 0 Å². The van der Waals surface area contributed by atoms with Crippen molar-refractivity contribution < 1.29 is 5.11 Å². The lowest BCUT2D eigenvalue weighted by Gasteiger charge is -2.44. The minimum Gasteiger partial charge on any atom is -0.393 e. The van der Waals surface area contributed by atoms with Gasteiger partial charge in [-0.25, -0.2) is 0 Å². The molecule has 1 heteroatoms. The van der Waals surface area contributed by atoms with Crippen LogP contribution in [0.25, 0.3) is 0 Å². The van der Waals surface area contributed by atoms with E-state index in [1.807, 2.05) is 0 Å². The summed E-state index contributed by atoms with van der Waals surface area (Å²) in [6, 6.07) is 0. The third kappa shape index (κ3) is 5.04. The van der Waals surface area contributed by atoms with Gasteiger partial charge < -0.3 is 5.11 Å².